The lowest BCUT2D eigenvalue weighted by molar-refractivity contribution is -0.384. The van der Waals surface area contributed by atoms with Gasteiger partial charge in [-0.25, -0.2) is 5.43 Å². The number of carbonyl (C=O) groups is 2. The van der Waals surface area contributed by atoms with E-state index in [0.29, 0.717) is 16.5 Å². The number of furan rings is 1. The van der Waals surface area contributed by atoms with Gasteiger partial charge in [-0.3, -0.25) is 19.7 Å². The largest absolute Gasteiger partial charge is 0.455 e. The van der Waals surface area contributed by atoms with Crippen LogP contribution in [0, 0.1) is 10.1 Å². The van der Waals surface area contributed by atoms with Gasteiger partial charge in [-0.05, 0) is 36.4 Å². The van der Waals surface area contributed by atoms with Crippen molar-refractivity contribution in [1.82, 2.24) is 5.43 Å². The lowest BCUT2D eigenvalue weighted by Crippen LogP contribution is -2.32. The van der Waals surface area contributed by atoms with Gasteiger partial charge in [0.2, 0.25) is 0 Å². The van der Waals surface area contributed by atoms with Crippen molar-refractivity contribution in [2.45, 2.75) is 0 Å². The molecule has 3 aromatic rings. The number of carbonyl (C=O) groups excluding carboxylic acids is 2. The Labute approximate surface area is 169 Å². The molecule has 0 bridgehead atoms. The van der Waals surface area contributed by atoms with Gasteiger partial charge in [-0.2, -0.15) is 5.10 Å². The Morgan fingerprint density at radius 2 is 1.83 bits per heavy atom. The molecular weight excluding hydrogens is 400 g/mol. The van der Waals surface area contributed by atoms with Gasteiger partial charge < -0.3 is 9.73 Å². The first-order valence-electron chi connectivity index (χ1n) is 8.17. The second-order valence-electron chi connectivity index (χ2n) is 5.67. The Bertz CT molecular complexity index is 1090. The minimum atomic E-state index is -1.01. The summed E-state index contributed by atoms with van der Waals surface area (Å²) in [7, 11) is 0. The number of halogens is 1. The van der Waals surface area contributed by atoms with Gasteiger partial charge in [0.15, 0.2) is 0 Å². The molecule has 3 rings (SSSR count). The number of hydrogen-bond donors (Lipinski definition) is 2. The monoisotopic (exact) mass is 412 g/mol. The minimum Gasteiger partial charge on any atom is -0.455 e. The number of rotatable bonds is 5. The van der Waals surface area contributed by atoms with Crippen LogP contribution >= 0.6 is 11.6 Å². The van der Waals surface area contributed by atoms with Crippen LogP contribution < -0.4 is 10.7 Å². The van der Waals surface area contributed by atoms with Crippen LogP contribution in [0.5, 0.6) is 0 Å². The Morgan fingerprint density at radius 3 is 2.52 bits per heavy atom. The first kappa shape index (κ1) is 19.8. The first-order chi connectivity index (χ1) is 13.9. The van der Waals surface area contributed by atoms with Crippen LogP contribution in [0.2, 0.25) is 5.02 Å². The molecule has 0 aliphatic carbocycles. The molecule has 29 heavy (non-hydrogen) atoms. The maximum Gasteiger partial charge on any atom is 0.329 e. The van der Waals surface area contributed by atoms with Crippen molar-refractivity contribution in [3.8, 4) is 11.3 Å². The first-order valence-corrected chi connectivity index (χ1v) is 8.55. The Kier molecular flexibility index (Phi) is 6.00. The van der Waals surface area contributed by atoms with E-state index in [0.717, 1.165) is 5.56 Å². The fourth-order valence-corrected chi connectivity index (χ4v) is 2.47. The molecule has 0 saturated heterocycles. The highest BCUT2D eigenvalue weighted by molar-refractivity contribution is 6.39. The summed E-state index contributed by atoms with van der Waals surface area (Å²) in [4.78, 5) is 33.6. The van der Waals surface area contributed by atoms with E-state index in [-0.39, 0.29) is 11.4 Å². The summed E-state index contributed by atoms with van der Waals surface area (Å²) in [5, 5.41) is 17.1. The molecule has 2 N–H and O–H groups in total. The number of nitro benzene ring substituents is 1. The predicted octanol–water partition coefficient (Wildman–Crippen LogP) is 3.60. The number of nitrogens with one attached hydrogen (secondary N) is 2. The van der Waals surface area contributed by atoms with E-state index in [9.17, 15) is 19.7 Å². The fraction of sp³-hybridized carbons (Fsp3) is 0. The highest BCUT2D eigenvalue weighted by Crippen LogP contribution is 2.24. The summed E-state index contributed by atoms with van der Waals surface area (Å²) >= 11 is 5.95. The van der Waals surface area contributed by atoms with Gasteiger partial charge in [0.1, 0.15) is 11.5 Å². The summed E-state index contributed by atoms with van der Waals surface area (Å²) in [6, 6.07) is 15.5. The number of non-ortho nitro benzene ring substituents is 1. The molecule has 0 fully saturated rings. The van der Waals surface area contributed by atoms with E-state index in [1.807, 2.05) is 6.07 Å². The highest BCUT2D eigenvalue weighted by Gasteiger charge is 2.14. The predicted molar refractivity (Wildman–Crippen MR) is 107 cm³/mol. The van der Waals surface area contributed by atoms with E-state index < -0.39 is 16.7 Å². The topological polar surface area (TPSA) is 127 Å². The standard InChI is InChI=1S/C19H13ClN4O5/c20-13-3-1-2-12(10-13)17-9-8-16(29-17)11-21-23-19(26)18(25)22-14-4-6-15(7-5-14)24(27)28/h1-11H,(H,22,25)(H,23,26)/b21-11+. The average Bonchev–Trinajstić information content (AvgIpc) is 3.17. The van der Waals surface area contributed by atoms with Gasteiger partial charge in [0.25, 0.3) is 5.69 Å². The summed E-state index contributed by atoms with van der Waals surface area (Å²) in [5.74, 6) is -1.07. The van der Waals surface area contributed by atoms with E-state index in [1.165, 1.54) is 30.5 Å². The molecule has 0 aliphatic heterocycles. The third-order valence-electron chi connectivity index (χ3n) is 3.64. The SMILES string of the molecule is O=C(N/N=C/c1ccc(-c2cccc(Cl)c2)o1)C(=O)Nc1ccc([N+](=O)[O-])cc1. The zero-order valence-corrected chi connectivity index (χ0v) is 15.4. The van der Waals surface area contributed by atoms with Crippen molar-refractivity contribution in [3.05, 3.63) is 81.6 Å². The van der Waals surface area contributed by atoms with Gasteiger partial charge in [0, 0.05) is 28.4 Å². The van der Waals surface area contributed by atoms with E-state index in [4.69, 9.17) is 16.0 Å². The molecule has 0 spiro atoms. The van der Waals surface area contributed by atoms with E-state index >= 15 is 0 Å². The fourth-order valence-electron chi connectivity index (χ4n) is 2.28. The maximum absolute atomic E-state index is 11.8. The van der Waals surface area contributed by atoms with Gasteiger partial charge in [-0.15, -0.1) is 0 Å². The van der Waals surface area contributed by atoms with Gasteiger partial charge >= 0.3 is 11.8 Å². The van der Waals surface area contributed by atoms with E-state index in [1.54, 1.807) is 30.3 Å². The molecule has 146 valence electrons. The van der Waals surface area contributed by atoms with Crippen LogP contribution in [0.4, 0.5) is 11.4 Å². The molecule has 2 aromatic carbocycles. The molecule has 9 nitrogen and oxygen atoms in total. The Balaban J connectivity index is 1.55. The van der Waals surface area contributed by atoms with Gasteiger partial charge in [-0.1, -0.05) is 23.7 Å². The van der Waals surface area contributed by atoms with Crippen LogP contribution in [-0.2, 0) is 9.59 Å². The smallest absolute Gasteiger partial charge is 0.329 e. The number of nitro groups is 1. The third-order valence-corrected chi connectivity index (χ3v) is 3.87. The molecule has 1 heterocycles. The average molecular weight is 413 g/mol. The second-order valence-corrected chi connectivity index (χ2v) is 6.11. The van der Waals surface area contributed by atoms with Crippen LogP contribution in [-0.4, -0.2) is 23.0 Å². The molecule has 0 unspecified atom stereocenters. The van der Waals surface area contributed by atoms with Crippen LogP contribution in [0.1, 0.15) is 5.76 Å². The molecule has 10 heteroatoms. The molecular formula is C19H13ClN4O5. The van der Waals surface area contributed by atoms with Gasteiger partial charge in [0.05, 0.1) is 11.1 Å². The molecule has 0 aliphatic rings. The number of hydrogen-bond acceptors (Lipinski definition) is 6. The van der Waals surface area contributed by atoms with Crippen molar-refractivity contribution < 1.29 is 18.9 Å². The lowest BCUT2D eigenvalue weighted by Gasteiger charge is -2.03. The van der Waals surface area contributed by atoms with E-state index in [2.05, 4.69) is 15.8 Å². The zero-order chi connectivity index (χ0) is 20.8. The van der Waals surface area contributed by atoms with Crippen molar-refractivity contribution in [1.29, 1.82) is 0 Å². The summed E-state index contributed by atoms with van der Waals surface area (Å²) in [5.41, 5.74) is 2.95. The number of nitrogens with zero attached hydrogens (tertiary/aromatic N) is 2. The quantitative estimate of drug-likeness (QED) is 0.286. The minimum absolute atomic E-state index is 0.132. The summed E-state index contributed by atoms with van der Waals surface area (Å²) < 4.78 is 5.58. The van der Waals surface area contributed by atoms with Crippen molar-refractivity contribution >= 4 is 41.0 Å². The second kappa shape index (κ2) is 8.81. The normalized spacial score (nSPS) is 10.7. The highest BCUT2D eigenvalue weighted by atomic mass is 35.5. The van der Waals surface area contributed by atoms with Crippen molar-refractivity contribution in [3.63, 3.8) is 0 Å². The number of benzene rings is 2. The lowest BCUT2D eigenvalue weighted by atomic mass is 10.2. The third kappa shape index (κ3) is 5.27. The number of hydrazone groups is 1. The Morgan fingerprint density at radius 1 is 1.07 bits per heavy atom. The number of anilines is 1. The van der Waals surface area contributed by atoms with Crippen LogP contribution in [0.15, 0.2) is 70.2 Å². The zero-order valence-electron chi connectivity index (χ0n) is 14.7. The molecule has 0 radical (unpaired) electrons. The van der Waals surface area contributed by atoms with Crippen molar-refractivity contribution in [2.75, 3.05) is 5.32 Å². The summed E-state index contributed by atoms with van der Waals surface area (Å²) in [6.07, 6.45) is 1.24. The molecule has 0 atom stereocenters. The van der Waals surface area contributed by atoms with Crippen molar-refractivity contribution in [2.24, 2.45) is 5.10 Å². The molecule has 2 amide bonds. The molecule has 1 aromatic heterocycles. The number of amides is 2. The van der Waals surface area contributed by atoms with Crippen LogP contribution in [0.25, 0.3) is 11.3 Å². The summed E-state index contributed by atoms with van der Waals surface area (Å²) in [6.45, 7) is 0. The molecule has 0 saturated carbocycles. The maximum atomic E-state index is 11.8. The Hall–Kier alpha value is -3.98. The van der Waals surface area contributed by atoms with Crippen LogP contribution in [0.3, 0.4) is 0 Å².